The van der Waals surface area contributed by atoms with Gasteiger partial charge in [0.15, 0.2) is 0 Å². The summed E-state index contributed by atoms with van der Waals surface area (Å²) in [6, 6.07) is 2.00. The molecule has 1 aliphatic heterocycles. The van der Waals surface area contributed by atoms with Gasteiger partial charge in [-0.25, -0.2) is 4.79 Å². The summed E-state index contributed by atoms with van der Waals surface area (Å²) in [5.41, 5.74) is 0.403. The van der Waals surface area contributed by atoms with Crippen molar-refractivity contribution >= 4 is 5.97 Å². The van der Waals surface area contributed by atoms with Crippen molar-refractivity contribution in [2.75, 3.05) is 19.7 Å². The van der Waals surface area contributed by atoms with Gasteiger partial charge in [0.05, 0.1) is 12.2 Å². The van der Waals surface area contributed by atoms with Gasteiger partial charge >= 0.3 is 5.97 Å². The van der Waals surface area contributed by atoms with Crippen LogP contribution in [0.15, 0.2) is 23.5 Å². The van der Waals surface area contributed by atoms with Crippen LogP contribution in [0.25, 0.3) is 0 Å². The monoisotopic (exact) mass is 207 g/mol. The largest absolute Gasteiger partial charge is 0.463 e. The maximum Gasteiger partial charge on any atom is 0.330 e. The van der Waals surface area contributed by atoms with Crippen molar-refractivity contribution in [2.24, 2.45) is 0 Å². The molecule has 1 rings (SSSR count). The second kappa shape index (κ2) is 5.70. The van der Waals surface area contributed by atoms with Crippen LogP contribution in [0.2, 0.25) is 0 Å². The topological polar surface area (TPSA) is 74.2 Å². The summed E-state index contributed by atoms with van der Waals surface area (Å²) in [6.07, 6.45) is 2.69. The third-order valence-corrected chi connectivity index (χ3v) is 1.79. The van der Waals surface area contributed by atoms with E-state index >= 15 is 0 Å². The Kier molecular flexibility index (Phi) is 4.23. The van der Waals surface area contributed by atoms with E-state index in [4.69, 9.17) is 10.00 Å². The number of ether oxygens (including phenoxy) is 1. The Bertz CT molecular complexity index is 331. The molecule has 80 valence electrons. The SMILES string of the molecule is CCOC(=O)/C=C/C(C#N)=C1NCCN1. The zero-order valence-electron chi connectivity index (χ0n) is 8.54. The molecule has 0 aromatic rings. The number of esters is 1. The van der Waals surface area contributed by atoms with Crippen LogP contribution in [0.4, 0.5) is 0 Å². The van der Waals surface area contributed by atoms with Crippen molar-refractivity contribution in [3.8, 4) is 6.07 Å². The molecule has 1 fully saturated rings. The first-order valence-electron chi connectivity index (χ1n) is 4.75. The molecule has 0 atom stereocenters. The lowest BCUT2D eigenvalue weighted by Crippen LogP contribution is -2.12. The standard InChI is InChI=1S/C10H13N3O2/c1-2-15-9(14)4-3-8(7-11)10-12-5-6-13-10/h3-4,12-13H,2,5-6H2,1H3/b4-3+. The summed E-state index contributed by atoms with van der Waals surface area (Å²) in [7, 11) is 0. The third-order valence-electron chi connectivity index (χ3n) is 1.79. The van der Waals surface area contributed by atoms with Crippen molar-refractivity contribution in [3.63, 3.8) is 0 Å². The highest BCUT2D eigenvalue weighted by atomic mass is 16.5. The average molecular weight is 207 g/mol. The summed E-state index contributed by atoms with van der Waals surface area (Å²) < 4.78 is 4.70. The van der Waals surface area contributed by atoms with E-state index in [0.717, 1.165) is 13.1 Å². The summed E-state index contributed by atoms with van der Waals surface area (Å²) in [4.78, 5) is 11.0. The Balaban J connectivity index is 2.65. The van der Waals surface area contributed by atoms with Crippen molar-refractivity contribution in [2.45, 2.75) is 6.92 Å². The fourth-order valence-corrected chi connectivity index (χ4v) is 1.15. The molecule has 0 aliphatic carbocycles. The first-order chi connectivity index (χ1) is 7.27. The first-order valence-corrected chi connectivity index (χ1v) is 4.75. The van der Waals surface area contributed by atoms with E-state index in [9.17, 15) is 4.79 Å². The second-order valence-electron chi connectivity index (χ2n) is 2.84. The lowest BCUT2D eigenvalue weighted by Gasteiger charge is -2.00. The maximum atomic E-state index is 11.0. The first kappa shape index (κ1) is 11.1. The summed E-state index contributed by atoms with van der Waals surface area (Å²) in [5, 5.41) is 14.8. The molecule has 5 heteroatoms. The van der Waals surface area contributed by atoms with Gasteiger partial charge in [-0.1, -0.05) is 0 Å². The number of carbonyl (C=O) groups excluding carboxylic acids is 1. The van der Waals surface area contributed by atoms with Gasteiger partial charge in [-0.15, -0.1) is 0 Å². The highest BCUT2D eigenvalue weighted by Crippen LogP contribution is 2.02. The highest BCUT2D eigenvalue weighted by molar-refractivity contribution is 5.82. The zero-order chi connectivity index (χ0) is 11.1. The average Bonchev–Trinajstić information content (AvgIpc) is 2.72. The van der Waals surface area contributed by atoms with Gasteiger partial charge in [0, 0.05) is 19.2 Å². The van der Waals surface area contributed by atoms with E-state index in [1.165, 1.54) is 12.2 Å². The number of allylic oxidation sites excluding steroid dienone is 2. The fourth-order valence-electron chi connectivity index (χ4n) is 1.15. The number of hydrogen-bond acceptors (Lipinski definition) is 5. The molecular weight excluding hydrogens is 194 g/mol. The number of nitrogens with zero attached hydrogens (tertiary/aromatic N) is 1. The quantitative estimate of drug-likeness (QED) is 0.388. The molecule has 0 aromatic heterocycles. The van der Waals surface area contributed by atoms with Crippen LogP contribution in [0.3, 0.4) is 0 Å². The third kappa shape index (κ3) is 3.35. The van der Waals surface area contributed by atoms with Gasteiger partial charge in [-0.3, -0.25) is 0 Å². The van der Waals surface area contributed by atoms with E-state index in [2.05, 4.69) is 10.6 Å². The van der Waals surface area contributed by atoms with Gasteiger partial charge in [-0.2, -0.15) is 5.26 Å². The van der Waals surface area contributed by atoms with E-state index in [1.807, 2.05) is 6.07 Å². The predicted molar refractivity (Wildman–Crippen MR) is 54.4 cm³/mol. The Morgan fingerprint density at radius 2 is 2.20 bits per heavy atom. The van der Waals surface area contributed by atoms with Gasteiger partial charge < -0.3 is 15.4 Å². The molecule has 0 bridgehead atoms. The van der Waals surface area contributed by atoms with Crippen molar-refractivity contribution in [3.05, 3.63) is 23.5 Å². The van der Waals surface area contributed by atoms with Gasteiger partial charge in [0.1, 0.15) is 11.9 Å². The fraction of sp³-hybridized carbons (Fsp3) is 0.400. The summed E-state index contributed by atoms with van der Waals surface area (Å²) >= 11 is 0. The highest BCUT2D eigenvalue weighted by Gasteiger charge is 2.08. The second-order valence-corrected chi connectivity index (χ2v) is 2.84. The molecule has 0 aromatic carbocycles. The summed E-state index contributed by atoms with van der Waals surface area (Å²) in [6.45, 7) is 3.63. The molecular formula is C10H13N3O2. The Hall–Kier alpha value is -1.96. The van der Waals surface area contributed by atoms with E-state index in [0.29, 0.717) is 18.0 Å². The van der Waals surface area contributed by atoms with Crippen LogP contribution in [0.5, 0.6) is 0 Å². The van der Waals surface area contributed by atoms with Crippen LogP contribution < -0.4 is 10.6 Å². The lowest BCUT2D eigenvalue weighted by atomic mass is 10.2. The van der Waals surface area contributed by atoms with Gasteiger partial charge in [0.2, 0.25) is 0 Å². The van der Waals surface area contributed by atoms with E-state index in [-0.39, 0.29) is 0 Å². The normalized spacial score (nSPS) is 14.3. The van der Waals surface area contributed by atoms with Crippen LogP contribution in [-0.4, -0.2) is 25.7 Å². The Morgan fingerprint density at radius 3 is 2.73 bits per heavy atom. The summed E-state index contributed by atoms with van der Waals surface area (Å²) in [5.74, 6) is 0.224. The Morgan fingerprint density at radius 1 is 1.53 bits per heavy atom. The van der Waals surface area contributed by atoms with Crippen LogP contribution in [-0.2, 0) is 9.53 Å². The smallest absolute Gasteiger partial charge is 0.330 e. The van der Waals surface area contributed by atoms with Crippen LogP contribution >= 0.6 is 0 Å². The lowest BCUT2D eigenvalue weighted by molar-refractivity contribution is -0.137. The van der Waals surface area contributed by atoms with E-state index in [1.54, 1.807) is 6.92 Å². The Labute approximate surface area is 88.4 Å². The maximum absolute atomic E-state index is 11.0. The molecule has 0 saturated carbocycles. The minimum Gasteiger partial charge on any atom is -0.463 e. The van der Waals surface area contributed by atoms with Crippen molar-refractivity contribution in [1.82, 2.24) is 10.6 Å². The molecule has 1 saturated heterocycles. The van der Waals surface area contributed by atoms with Crippen molar-refractivity contribution < 1.29 is 9.53 Å². The number of hydrogen-bond donors (Lipinski definition) is 2. The number of nitriles is 1. The van der Waals surface area contributed by atoms with Crippen molar-refractivity contribution in [1.29, 1.82) is 5.26 Å². The number of carbonyl (C=O) groups is 1. The molecule has 1 aliphatic rings. The molecule has 0 radical (unpaired) electrons. The van der Waals surface area contributed by atoms with Gasteiger partial charge in [-0.05, 0) is 13.0 Å². The van der Waals surface area contributed by atoms with Crippen LogP contribution in [0, 0.1) is 11.3 Å². The molecule has 0 amide bonds. The number of nitrogens with one attached hydrogen (secondary N) is 2. The predicted octanol–water partition coefficient (Wildman–Crippen LogP) is 0.0337. The molecule has 5 nitrogen and oxygen atoms in total. The minimum absolute atomic E-state index is 0.331. The van der Waals surface area contributed by atoms with Gasteiger partial charge in [0.25, 0.3) is 0 Å². The molecule has 0 unspecified atom stereocenters. The molecule has 1 heterocycles. The molecule has 2 N–H and O–H groups in total. The molecule has 15 heavy (non-hydrogen) atoms. The minimum atomic E-state index is -0.441. The zero-order valence-corrected chi connectivity index (χ0v) is 8.54. The number of rotatable bonds is 3. The van der Waals surface area contributed by atoms with E-state index < -0.39 is 5.97 Å². The molecule has 0 spiro atoms. The van der Waals surface area contributed by atoms with Crippen LogP contribution in [0.1, 0.15) is 6.92 Å².